The van der Waals surface area contributed by atoms with Crippen LogP contribution in [0.5, 0.6) is 0 Å². The molecule has 0 saturated carbocycles. The summed E-state index contributed by atoms with van der Waals surface area (Å²) in [6, 6.07) is 3.62. The van der Waals surface area contributed by atoms with Gasteiger partial charge in [0.1, 0.15) is 10.9 Å². The van der Waals surface area contributed by atoms with Crippen LogP contribution in [-0.4, -0.2) is 23.2 Å². The zero-order valence-corrected chi connectivity index (χ0v) is 12.2. The summed E-state index contributed by atoms with van der Waals surface area (Å²) in [5, 5.41) is 23.7. The van der Waals surface area contributed by atoms with Crippen molar-refractivity contribution in [1.29, 1.82) is 5.26 Å². The number of rotatable bonds is 7. The molecule has 2 N–H and O–H groups in total. The Labute approximate surface area is 118 Å². The fourth-order valence-electron chi connectivity index (χ4n) is 2.13. The fourth-order valence-corrected chi connectivity index (χ4v) is 2.89. The van der Waals surface area contributed by atoms with Gasteiger partial charge < -0.3 is 10.4 Å². The van der Waals surface area contributed by atoms with E-state index in [1.54, 1.807) is 11.4 Å². The number of carbonyl (C=O) groups is 1. The highest BCUT2D eigenvalue weighted by Crippen LogP contribution is 2.20. The molecule has 1 rings (SSSR count). The SMILES string of the molecule is CCCC(O)(CCC)CNC(=O)c1sccc1C#N. The molecule has 0 saturated heterocycles. The second kappa shape index (κ2) is 7.27. The van der Waals surface area contributed by atoms with Crippen molar-refractivity contribution in [3.05, 3.63) is 21.9 Å². The Balaban J connectivity index is 2.65. The van der Waals surface area contributed by atoms with Crippen molar-refractivity contribution in [2.75, 3.05) is 6.54 Å². The molecule has 5 heteroatoms. The first-order valence-electron chi connectivity index (χ1n) is 6.54. The average molecular weight is 280 g/mol. The zero-order valence-electron chi connectivity index (χ0n) is 11.4. The van der Waals surface area contributed by atoms with Crippen LogP contribution in [0.15, 0.2) is 11.4 Å². The van der Waals surface area contributed by atoms with Gasteiger partial charge in [-0.25, -0.2) is 0 Å². The van der Waals surface area contributed by atoms with E-state index < -0.39 is 5.60 Å². The molecule has 0 bridgehead atoms. The Morgan fingerprint density at radius 2 is 2.11 bits per heavy atom. The van der Waals surface area contributed by atoms with Crippen LogP contribution in [0.2, 0.25) is 0 Å². The van der Waals surface area contributed by atoms with Gasteiger partial charge in [-0.15, -0.1) is 11.3 Å². The third-order valence-corrected chi connectivity index (χ3v) is 3.91. The number of aliphatic hydroxyl groups is 1. The quantitative estimate of drug-likeness (QED) is 0.806. The van der Waals surface area contributed by atoms with Crippen molar-refractivity contribution in [3.63, 3.8) is 0 Å². The number of hydrogen-bond acceptors (Lipinski definition) is 4. The Hall–Kier alpha value is -1.38. The fraction of sp³-hybridized carbons (Fsp3) is 0.571. The molecule has 4 nitrogen and oxygen atoms in total. The van der Waals surface area contributed by atoms with Crippen molar-refractivity contribution in [2.24, 2.45) is 0 Å². The topological polar surface area (TPSA) is 73.1 Å². The minimum Gasteiger partial charge on any atom is -0.388 e. The Bertz CT molecular complexity index is 456. The standard InChI is InChI=1S/C14H20N2O2S/c1-3-6-14(18,7-4-2)10-16-13(17)12-11(9-15)5-8-19-12/h5,8,18H,3-4,6-7,10H2,1-2H3,(H,16,17). The van der Waals surface area contributed by atoms with E-state index in [1.165, 1.54) is 11.3 Å². The first-order valence-corrected chi connectivity index (χ1v) is 7.42. The maximum atomic E-state index is 12.0. The molecule has 0 aliphatic carbocycles. The van der Waals surface area contributed by atoms with Gasteiger partial charge in [-0.05, 0) is 24.3 Å². The van der Waals surface area contributed by atoms with E-state index in [4.69, 9.17) is 5.26 Å². The molecular formula is C14H20N2O2S. The first-order chi connectivity index (χ1) is 9.06. The van der Waals surface area contributed by atoms with Gasteiger partial charge in [-0.3, -0.25) is 4.79 Å². The molecule has 1 aromatic heterocycles. The molecule has 0 atom stereocenters. The van der Waals surface area contributed by atoms with Crippen LogP contribution < -0.4 is 5.32 Å². The van der Waals surface area contributed by atoms with Gasteiger partial charge in [0.2, 0.25) is 0 Å². The monoisotopic (exact) mass is 280 g/mol. The zero-order chi connectivity index (χ0) is 14.3. The van der Waals surface area contributed by atoms with Crippen LogP contribution in [0, 0.1) is 11.3 Å². The van der Waals surface area contributed by atoms with Crippen molar-refractivity contribution in [2.45, 2.75) is 45.1 Å². The lowest BCUT2D eigenvalue weighted by Crippen LogP contribution is -2.42. The first kappa shape index (κ1) is 15.7. The summed E-state index contributed by atoms with van der Waals surface area (Å²) in [6.45, 7) is 4.25. The van der Waals surface area contributed by atoms with Crippen LogP contribution in [-0.2, 0) is 0 Å². The number of amides is 1. The summed E-state index contributed by atoms with van der Waals surface area (Å²) in [7, 11) is 0. The van der Waals surface area contributed by atoms with Crippen molar-refractivity contribution in [1.82, 2.24) is 5.32 Å². The molecule has 0 radical (unpaired) electrons. The summed E-state index contributed by atoms with van der Waals surface area (Å²) in [6.07, 6.45) is 3.07. The van der Waals surface area contributed by atoms with Crippen LogP contribution in [0.4, 0.5) is 0 Å². The third-order valence-electron chi connectivity index (χ3n) is 3.00. The van der Waals surface area contributed by atoms with Crippen LogP contribution >= 0.6 is 11.3 Å². The number of nitrogens with one attached hydrogen (secondary N) is 1. The Morgan fingerprint density at radius 3 is 2.63 bits per heavy atom. The summed E-state index contributed by atoms with van der Waals surface area (Å²) < 4.78 is 0. The minimum atomic E-state index is -0.844. The van der Waals surface area contributed by atoms with E-state index in [2.05, 4.69) is 5.32 Å². The number of carbonyl (C=O) groups excluding carboxylic acids is 1. The van der Waals surface area contributed by atoms with Gasteiger partial charge in [-0.2, -0.15) is 5.26 Å². The van der Waals surface area contributed by atoms with Crippen molar-refractivity contribution >= 4 is 17.2 Å². The Morgan fingerprint density at radius 1 is 1.47 bits per heavy atom. The lowest BCUT2D eigenvalue weighted by atomic mass is 9.92. The molecule has 1 amide bonds. The van der Waals surface area contributed by atoms with Crippen LogP contribution in [0.25, 0.3) is 0 Å². The van der Waals surface area contributed by atoms with Gasteiger partial charge >= 0.3 is 0 Å². The number of nitriles is 1. The molecule has 0 aliphatic rings. The largest absolute Gasteiger partial charge is 0.388 e. The average Bonchev–Trinajstić information content (AvgIpc) is 2.85. The maximum Gasteiger partial charge on any atom is 0.262 e. The summed E-state index contributed by atoms with van der Waals surface area (Å²) in [5.74, 6) is -0.280. The van der Waals surface area contributed by atoms with Crippen molar-refractivity contribution in [3.8, 4) is 6.07 Å². The lowest BCUT2D eigenvalue weighted by Gasteiger charge is -2.27. The van der Waals surface area contributed by atoms with Crippen LogP contribution in [0.1, 0.15) is 54.8 Å². The Kier molecular flexibility index (Phi) is 6.00. The highest BCUT2D eigenvalue weighted by molar-refractivity contribution is 7.12. The van der Waals surface area contributed by atoms with E-state index in [0.717, 1.165) is 12.8 Å². The number of hydrogen-bond donors (Lipinski definition) is 2. The molecule has 0 aromatic carbocycles. The van der Waals surface area contributed by atoms with Gasteiger partial charge in [0, 0.05) is 6.54 Å². The second-order valence-corrected chi connectivity index (χ2v) is 5.60. The van der Waals surface area contributed by atoms with Crippen LogP contribution in [0.3, 0.4) is 0 Å². The normalized spacial score (nSPS) is 11.1. The van der Waals surface area contributed by atoms with E-state index in [-0.39, 0.29) is 12.5 Å². The molecule has 0 aliphatic heterocycles. The highest BCUT2D eigenvalue weighted by Gasteiger charge is 2.26. The maximum absolute atomic E-state index is 12.0. The molecule has 19 heavy (non-hydrogen) atoms. The minimum absolute atomic E-state index is 0.232. The highest BCUT2D eigenvalue weighted by atomic mass is 32.1. The molecule has 104 valence electrons. The third kappa shape index (κ3) is 4.34. The molecular weight excluding hydrogens is 260 g/mol. The number of thiophene rings is 1. The molecule has 0 unspecified atom stereocenters. The lowest BCUT2D eigenvalue weighted by molar-refractivity contribution is 0.0213. The summed E-state index contributed by atoms with van der Waals surface area (Å²) in [4.78, 5) is 12.4. The molecule has 1 heterocycles. The van der Waals surface area contributed by atoms with Crippen molar-refractivity contribution < 1.29 is 9.90 Å². The van der Waals surface area contributed by atoms with E-state index >= 15 is 0 Å². The van der Waals surface area contributed by atoms with Gasteiger partial charge in [0.15, 0.2) is 0 Å². The predicted octanol–water partition coefficient (Wildman–Crippen LogP) is 2.68. The molecule has 0 fully saturated rings. The summed E-state index contributed by atoms with van der Waals surface area (Å²) >= 11 is 1.24. The molecule has 1 aromatic rings. The van der Waals surface area contributed by atoms with E-state index in [0.29, 0.717) is 23.3 Å². The van der Waals surface area contributed by atoms with E-state index in [1.807, 2.05) is 19.9 Å². The summed E-state index contributed by atoms with van der Waals surface area (Å²) in [5.41, 5.74) is -0.458. The van der Waals surface area contributed by atoms with E-state index in [9.17, 15) is 9.90 Å². The van der Waals surface area contributed by atoms with Gasteiger partial charge in [-0.1, -0.05) is 26.7 Å². The molecule has 0 spiro atoms. The number of nitrogens with zero attached hydrogens (tertiary/aromatic N) is 1. The predicted molar refractivity (Wildman–Crippen MR) is 76.1 cm³/mol. The second-order valence-electron chi connectivity index (χ2n) is 4.68. The van der Waals surface area contributed by atoms with Gasteiger partial charge in [0.25, 0.3) is 5.91 Å². The smallest absolute Gasteiger partial charge is 0.262 e. The van der Waals surface area contributed by atoms with Gasteiger partial charge in [0.05, 0.1) is 11.2 Å².